The zero-order valence-corrected chi connectivity index (χ0v) is 10.3. The molecular weight excluding hydrogens is 218 g/mol. The maximum atomic E-state index is 6.24. The van der Waals surface area contributed by atoms with Gasteiger partial charge < -0.3 is 10.5 Å². The largest absolute Gasteiger partial charge is 0.496 e. The lowest BCUT2D eigenvalue weighted by atomic mass is 10.0. The zero-order valence-electron chi connectivity index (χ0n) is 9.44. The van der Waals surface area contributed by atoms with E-state index in [1.54, 1.807) is 18.4 Å². The molecule has 1 aromatic heterocycles. The summed E-state index contributed by atoms with van der Waals surface area (Å²) < 4.78 is 5.17. The molecule has 0 aliphatic carbocycles. The Hall–Kier alpha value is -1.32. The van der Waals surface area contributed by atoms with E-state index in [4.69, 9.17) is 10.5 Å². The van der Waals surface area contributed by atoms with Crippen LogP contribution in [0.3, 0.4) is 0 Å². The fourth-order valence-corrected chi connectivity index (χ4v) is 2.57. The van der Waals surface area contributed by atoms with E-state index in [2.05, 4.69) is 19.1 Å². The Balaban J connectivity index is 2.31. The van der Waals surface area contributed by atoms with Gasteiger partial charge in [0.25, 0.3) is 0 Å². The molecule has 0 amide bonds. The van der Waals surface area contributed by atoms with Gasteiger partial charge in [0, 0.05) is 10.3 Å². The summed E-state index contributed by atoms with van der Waals surface area (Å²) in [6.07, 6.45) is 0. The molecule has 0 spiro atoms. The van der Waals surface area contributed by atoms with Crippen LogP contribution in [0.1, 0.15) is 22.0 Å². The third-order valence-electron chi connectivity index (χ3n) is 2.66. The SMILES string of the molecule is COc1csc(C(N)c2ccccc2C)c1. The van der Waals surface area contributed by atoms with Crippen molar-refractivity contribution in [3.05, 3.63) is 51.7 Å². The summed E-state index contributed by atoms with van der Waals surface area (Å²) in [5, 5.41) is 1.98. The predicted octanol–water partition coefficient (Wildman–Crippen LogP) is 3.11. The van der Waals surface area contributed by atoms with Crippen molar-refractivity contribution >= 4 is 11.3 Å². The number of aryl methyl sites for hydroxylation is 1. The molecule has 0 fully saturated rings. The molecule has 2 N–H and O–H groups in total. The lowest BCUT2D eigenvalue weighted by molar-refractivity contribution is 0.416. The first-order chi connectivity index (χ1) is 7.72. The first kappa shape index (κ1) is 11.2. The molecule has 2 aromatic rings. The van der Waals surface area contributed by atoms with E-state index < -0.39 is 0 Å². The topological polar surface area (TPSA) is 35.2 Å². The minimum Gasteiger partial charge on any atom is -0.496 e. The molecule has 0 aliphatic heterocycles. The predicted molar refractivity (Wildman–Crippen MR) is 68.1 cm³/mol. The molecular formula is C13H15NOS. The standard InChI is InChI=1S/C13H15NOS/c1-9-5-3-4-6-11(9)13(14)12-7-10(15-2)8-16-12/h3-8,13H,14H2,1-2H3. The van der Waals surface area contributed by atoms with Crippen molar-refractivity contribution in [2.24, 2.45) is 5.73 Å². The number of methoxy groups -OCH3 is 1. The summed E-state index contributed by atoms with van der Waals surface area (Å²) in [7, 11) is 1.67. The summed E-state index contributed by atoms with van der Waals surface area (Å²) in [5.41, 5.74) is 8.64. The second kappa shape index (κ2) is 4.68. The normalized spacial score (nSPS) is 12.4. The smallest absolute Gasteiger partial charge is 0.129 e. The van der Waals surface area contributed by atoms with Gasteiger partial charge in [-0.3, -0.25) is 0 Å². The fourth-order valence-electron chi connectivity index (χ4n) is 1.69. The third-order valence-corrected chi connectivity index (χ3v) is 3.66. The van der Waals surface area contributed by atoms with Gasteiger partial charge in [-0.15, -0.1) is 11.3 Å². The molecule has 0 saturated heterocycles. The van der Waals surface area contributed by atoms with Crippen LogP contribution < -0.4 is 10.5 Å². The van der Waals surface area contributed by atoms with Gasteiger partial charge in [0.1, 0.15) is 5.75 Å². The van der Waals surface area contributed by atoms with Gasteiger partial charge >= 0.3 is 0 Å². The molecule has 84 valence electrons. The van der Waals surface area contributed by atoms with Crippen molar-refractivity contribution in [1.29, 1.82) is 0 Å². The molecule has 3 heteroatoms. The first-order valence-corrected chi connectivity index (χ1v) is 6.04. The fraction of sp³-hybridized carbons (Fsp3) is 0.231. The van der Waals surface area contributed by atoms with E-state index in [1.807, 2.05) is 23.6 Å². The highest BCUT2D eigenvalue weighted by atomic mass is 32.1. The molecule has 1 heterocycles. The second-order valence-electron chi connectivity index (χ2n) is 3.72. The summed E-state index contributed by atoms with van der Waals surface area (Å²) in [4.78, 5) is 1.13. The quantitative estimate of drug-likeness (QED) is 0.884. The van der Waals surface area contributed by atoms with Gasteiger partial charge in [-0.25, -0.2) is 0 Å². The number of hydrogen-bond donors (Lipinski definition) is 1. The summed E-state index contributed by atoms with van der Waals surface area (Å²) in [5.74, 6) is 0.879. The maximum absolute atomic E-state index is 6.24. The minimum absolute atomic E-state index is 0.0601. The second-order valence-corrected chi connectivity index (χ2v) is 4.67. The van der Waals surface area contributed by atoms with Gasteiger partial charge in [-0.1, -0.05) is 24.3 Å². The van der Waals surface area contributed by atoms with Gasteiger partial charge in [-0.2, -0.15) is 0 Å². The van der Waals surface area contributed by atoms with Crippen LogP contribution in [0.4, 0.5) is 0 Å². The Bertz CT molecular complexity index is 478. The molecule has 2 rings (SSSR count). The first-order valence-electron chi connectivity index (χ1n) is 5.16. The van der Waals surface area contributed by atoms with Crippen LogP contribution in [-0.4, -0.2) is 7.11 Å². The zero-order chi connectivity index (χ0) is 11.5. The number of ether oxygens (including phenoxy) is 1. The molecule has 0 aliphatic rings. The van der Waals surface area contributed by atoms with Crippen molar-refractivity contribution in [1.82, 2.24) is 0 Å². The van der Waals surface area contributed by atoms with Crippen LogP contribution in [0.25, 0.3) is 0 Å². The van der Waals surface area contributed by atoms with Gasteiger partial charge in [-0.05, 0) is 24.1 Å². The highest BCUT2D eigenvalue weighted by Crippen LogP contribution is 2.30. The van der Waals surface area contributed by atoms with Crippen molar-refractivity contribution < 1.29 is 4.74 Å². The molecule has 1 atom stereocenters. The average Bonchev–Trinajstić information content (AvgIpc) is 2.77. The van der Waals surface area contributed by atoms with Crippen LogP contribution in [0.5, 0.6) is 5.75 Å². The number of hydrogen-bond acceptors (Lipinski definition) is 3. The molecule has 0 radical (unpaired) electrons. The highest BCUT2D eigenvalue weighted by Gasteiger charge is 2.13. The van der Waals surface area contributed by atoms with E-state index in [0.29, 0.717) is 0 Å². The number of nitrogens with two attached hydrogens (primary N) is 1. The number of thiophene rings is 1. The summed E-state index contributed by atoms with van der Waals surface area (Å²) in [6, 6.07) is 10.1. The Morgan fingerprint density at radius 1 is 1.31 bits per heavy atom. The molecule has 1 aromatic carbocycles. The van der Waals surface area contributed by atoms with Crippen molar-refractivity contribution in [2.45, 2.75) is 13.0 Å². The molecule has 1 unspecified atom stereocenters. The van der Waals surface area contributed by atoms with Gasteiger partial charge in [0.05, 0.1) is 13.2 Å². The molecule has 0 bridgehead atoms. The maximum Gasteiger partial charge on any atom is 0.129 e. The lowest BCUT2D eigenvalue weighted by Crippen LogP contribution is -2.11. The Morgan fingerprint density at radius 2 is 2.06 bits per heavy atom. The van der Waals surface area contributed by atoms with E-state index in [1.165, 1.54) is 11.1 Å². The summed E-state index contributed by atoms with van der Waals surface area (Å²) >= 11 is 1.64. The third kappa shape index (κ3) is 2.10. The van der Waals surface area contributed by atoms with E-state index >= 15 is 0 Å². The lowest BCUT2D eigenvalue weighted by Gasteiger charge is -2.12. The van der Waals surface area contributed by atoms with Crippen molar-refractivity contribution in [2.75, 3.05) is 7.11 Å². The Morgan fingerprint density at radius 3 is 2.69 bits per heavy atom. The van der Waals surface area contributed by atoms with Crippen LogP contribution in [0.15, 0.2) is 35.7 Å². The Labute approximate surface area is 99.7 Å². The van der Waals surface area contributed by atoms with Crippen molar-refractivity contribution in [3.63, 3.8) is 0 Å². The summed E-state index contributed by atoms with van der Waals surface area (Å²) in [6.45, 7) is 2.08. The Kier molecular flexibility index (Phi) is 3.27. The van der Waals surface area contributed by atoms with E-state index in [0.717, 1.165) is 10.6 Å². The molecule has 0 saturated carbocycles. The molecule has 16 heavy (non-hydrogen) atoms. The monoisotopic (exact) mass is 233 g/mol. The van der Waals surface area contributed by atoms with E-state index in [-0.39, 0.29) is 6.04 Å². The van der Waals surface area contributed by atoms with Crippen LogP contribution >= 0.6 is 11.3 Å². The minimum atomic E-state index is -0.0601. The van der Waals surface area contributed by atoms with Crippen LogP contribution in [0.2, 0.25) is 0 Å². The van der Waals surface area contributed by atoms with Crippen molar-refractivity contribution in [3.8, 4) is 5.75 Å². The van der Waals surface area contributed by atoms with Gasteiger partial charge in [0.2, 0.25) is 0 Å². The molecule has 2 nitrogen and oxygen atoms in total. The van der Waals surface area contributed by atoms with Crippen LogP contribution in [0, 0.1) is 6.92 Å². The number of benzene rings is 1. The number of rotatable bonds is 3. The average molecular weight is 233 g/mol. The van der Waals surface area contributed by atoms with E-state index in [9.17, 15) is 0 Å². The van der Waals surface area contributed by atoms with Crippen LogP contribution in [-0.2, 0) is 0 Å². The highest BCUT2D eigenvalue weighted by molar-refractivity contribution is 7.10. The van der Waals surface area contributed by atoms with Gasteiger partial charge in [0.15, 0.2) is 0 Å².